The standard InChI is InChI=1S/C22H27N3O3S/c1-3-28-17-9-7-16(8-10-17)18-12-20(26)24-22(19(18)13-23)29-14-21(27)25-11-5-4-6-15(25)2/h7-10,15,18H,3-6,11-12,14H2,1-2H3,(H,24,26)/t15-,18+/m0/s1. The van der Waals surface area contributed by atoms with Crippen LogP contribution in [0.2, 0.25) is 0 Å². The maximum Gasteiger partial charge on any atom is 0.233 e. The fourth-order valence-electron chi connectivity index (χ4n) is 3.87. The number of ether oxygens (including phenoxy) is 1. The van der Waals surface area contributed by atoms with E-state index in [1.54, 1.807) is 0 Å². The highest BCUT2D eigenvalue weighted by Gasteiger charge is 2.31. The molecule has 0 saturated carbocycles. The zero-order valence-electron chi connectivity index (χ0n) is 16.9. The largest absolute Gasteiger partial charge is 0.494 e. The van der Waals surface area contributed by atoms with Gasteiger partial charge in [0.05, 0.1) is 29.0 Å². The molecular formula is C22H27N3O3S. The molecule has 1 aromatic carbocycles. The number of amides is 2. The topological polar surface area (TPSA) is 82.4 Å². The summed E-state index contributed by atoms with van der Waals surface area (Å²) < 4.78 is 5.47. The fourth-order valence-corrected chi connectivity index (χ4v) is 4.83. The van der Waals surface area contributed by atoms with E-state index in [4.69, 9.17) is 4.74 Å². The second-order valence-electron chi connectivity index (χ2n) is 7.38. The number of hydrogen-bond donors (Lipinski definition) is 1. The van der Waals surface area contributed by atoms with Crippen molar-refractivity contribution in [2.75, 3.05) is 18.9 Å². The molecule has 0 bridgehead atoms. The van der Waals surface area contributed by atoms with Crippen molar-refractivity contribution in [2.45, 2.75) is 51.5 Å². The molecular weight excluding hydrogens is 386 g/mol. The van der Waals surface area contributed by atoms with Crippen molar-refractivity contribution < 1.29 is 14.3 Å². The first-order valence-electron chi connectivity index (χ1n) is 10.1. The fraction of sp³-hybridized carbons (Fsp3) is 0.500. The molecule has 2 heterocycles. The van der Waals surface area contributed by atoms with E-state index < -0.39 is 0 Å². The van der Waals surface area contributed by atoms with E-state index in [-0.39, 0.29) is 35.9 Å². The van der Waals surface area contributed by atoms with Gasteiger partial charge in [-0.3, -0.25) is 9.59 Å². The highest BCUT2D eigenvalue weighted by atomic mass is 32.2. The number of hydrogen-bond acceptors (Lipinski definition) is 5. The molecule has 1 saturated heterocycles. The highest BCUT2D eigenvalue weighted by Crippen LogP contribution is 2.36. The van der Waals surface area contributed by atoms with Crippen LogP contribution in [0.3, 0.4) is 0 Å². The van der Waals surface area contributed by atoms with E-state index in [0.717, 1.165) is 37.1 Å². The molecule has 154 valence electrons. The number of nitriles is 1. The molecule has 1 N–H and O–H groups in total. The Bertz CT molecular complexity index is 829. The van der Waals surface area contributed by atoms with Crippen molar-refractivity contribution in [3.63, 3.8) is 0 Å². The first-order valence-corrected chi connectivity index (χ1v) is 11.1. The van der Waals surface area contributed by atoms with Crippen molar-refractivity contribution in [1.29, 1.82) is 5.26 Å². The minimum atomic E-state index is -0.309. The molecule has 7 heteroatoms. The lowest BCUT2D eigenvalue weighted by molar-refractivity contribution is -0.131. The number of thioether (sulfide) groups is 1. The summed E-state index contributed by atoms with van der Waals surface area (Å²) in [5, 5.41) is 13.1. The Morgan fingerprint density at radius 1 is 1.34 bits per heavy atom. The van der Waals surface area contributed by atoms with Gasteiger partial charge in [-0.1, -0.05) is 23.9 Å². The Morgan fingerprint density at radius 2 is 2.10 bits per heavy atom. The summed E-state index contributed by atoms with van der Waals surface area (Å²) in [6, 6.07) is 10.0. The molecule has 2 amide bonds. The molecule has 0 spiro atoms. The molecule has 2 aliphatic rings. The van der Waals surface area contributed by atoms with Crippen LogP contribution in [0.25, 0.3) is 0 Å². The molecule has 29 heavy (non-hydrogen) atoms. The number of nitrogens with one attached hydrogen (secondary N) is 1. The summed E-state index contributed by atoms with van der Waals surface area (Å²) in [5.41, 5.74) is 1.41. The summed E-state index contributed by atoms with van der Waals surface area (Å²) in [4.78, 5) is 26.9. The number of carbonyl (C=O) groups is 2. The summed E-state index contributed by atoms with van der Waals surface area (Å²) in [6.07, 6.45) is 3.43. The molecule has 3 rings (SSSR count). The monoisotopic (exact) mass is 413 g/mol. The van der Waals surface area contributed by atoms with Crippen LogP contribution in [0, 0.1) is 11.3 Å². The smallest absolute Gasteiger partial charge is 0.233 e. The lowest BCUT2D eigenvalue weighted by atomic mass is 9.87. The molecule has 1 fully saturated rings. The van der Waals surface area contributed by atoms with E-state index in [1.165, 1.54) is 11.8 Å². The average Bonchev–Trinajstić information content (AvgIpc) is 2.72. The quantitative estimate of drug-likeness (QED) is 0.771. The van der Waals surface area contributed by atoms with Gasteiger partial charge in [0.1, 0.15) is 5.75 Å². The SMILES string of the molecule is CCOc1ccc([C@H]2CC(=O)NC(SCC(=O)N3CCCC[C@@H]3C)=C2C#N)cc1. The number of carbonyl (C=O) groups excluding carboxylic acids is 2. The number of nitrogens with zero attached hydrogens (tertiary/aromatic N) is 2. The Morgan fingerprint density at radius 3 is 2.76 bits per heavy atom. The number of rotatable bonds is 6. The molecule has 0 radical (unpaired) electrons. The van der Waals surface area contributed by atoms with Gasteiger partial charge in [-0.2, -0.15) is 5.26 Å². The van der Waals surface area contributed by atoms with Gasteiger partial charge in [0.15, 0.2) is 0 Å². The normalized spacial score (nSPS) is 22.1. The first-order chi connectivity index (χ1) is 14.0. The third-order valence-corrected chi connectivity index (χ3v) is 6.41. The maximum atomic E-state index is 12.7. The van der Waals surface area contributed by atoms with Crippen LogP contribution in [0.5, 0.6) is 5.75 Å². The predicted molar refractivity (Wildman–Crippen MR) is 113 cm³/mol. The number of benzene rings is 1. The zero-order chi connectivity index (χ0) is 20.8. The summed E-state index contributed by atoms with van der Waals surface area (Å²) in [6.45, 7) is 5.36. The molecule has 0 aromatic heterocycles. The molecule has 0 unspecified atom stereocenters. The van der Waals surface area contributed by atoms with Crippen LogP contribution in [0.4, 0.5) is 0 Å². The van der Waals surface area contributed by atoms with Gasteiger partial charge >= 0.3 is 0 Å². The van der Waals surface area contributed by atoms with E-state index in [9.17, 15) is 14.9 Å². The minimum Gasteiger partial charge on any atom is -0.494 e. The highest BCUT2D eigenvalue weighted by molar-refractivity contribution is 8.03. The molecule has 6 nitrogen and oxygen atoms in total. The van der Waals surface area contributed by atoms with Gasteiger partial charge in [0.2, 0.25) is 11.8 Å². The van der Waals surface area contributed by atoms with Gasteiger partial charge in [0.25, 0.3) is 0 Å². The van der Waals surface area contributed by atoms with Crippen LogP contribution >= 0.6 is 11.8 Å². The molecule has 2 atom stereocenters. The number of likely N-dealkylation sites (tertiary alicyclic amines) is 1. The maximum absolute atomic E-state index is 12.7. The number of allylic oxidation sites excluding steroid dienone is 1. The van der Waals surface area contributed by atoms with Crippen LogP contribution in [-0.2, 0) is 9.59 Å². The van der Waals surface area contributed by atoms with E-state index in [0.29, 0.717) is 17.2 Å². The van der Waals surface area contributed by atoms with Crippen LogP contribution in [-0.4, -0.2) is 41.7 Å². The molecule has 1 aromatic rings. The Kier molecular flexibility index (Phi) is 7.21. The first kappa shape index (κ1) is 21.3. The van der Waals surface area contributed by atoms with Gasteiger partial charge in [0, 0.05) is 24.9 Å². The lowest BCUT2D eigenvalue weighted by Gasteiger charge is -2.33. The summed E-state index contributed by atoms with van der Waals surface area (Å²) in [7, 11) is 0. The van der Waals surface area contributed by atoms with Crippen molar-refractivity contribution >= 4 is 23.6 Å². The molecule has 2 aliphatic heterocycles. The van der Waals surface area contributed by atoms with Gasteiger partial charge in [-0.25, -0.2) is 0 Å². The van der Waals surface area contributed by atoms with Gasteiger partial charge in [-0.15, -0.1) is 0 Å². The van der Waals surface area contributed by atoms with E-state index in [1.807, 2.05) is 36.1 Å². The van der Waals surface area contributed by atoms with Crippen LogP contribution in [0.1, 0.15) is 51.0 Å². The van der Waals surface area contributed by atoms with Crippen LogP contribution < -0.4 is 10.1 Å². The third-order valence-electron chi connectivity index (χ3n) is 5.41. The lowest BCUT2D eigenvalue weighted by Crippen LogP contribution is -2.43. The van der Waals surface area contributed by atoms with Crippen molar-refractivity contribution in [3.8, 4) is 11.8 Å². The summed E-state index contributed by atoms with van der Waals surface area (Å²) in [5.74, 6) is 0.598. The molecule has 0 aliphatic carbocycles. The average molecular weight is 414 g/mol. The van der Waals surface area contributed by atoms with Crippen molar-refractivity contribution in [1.82, 2.24) is 10.2 Å². The zero-order valence-corrected chi connectivity index (χ0v) is 17.8. The van der Waals surface area contributed by atoms with Crippen molar-refractivity contribution in [2.24, 2.45) is 0 Å². The second kappa shape index (κ2) is 9.84. The Balaban J connectivity index is 1.75. The summed E-state index contributed by atoms with van der Waals surface area (Å²) >= 11 is 1.26. The minimum absolute atomic E-state index is 0.0597. The number of piperidine rings is 1. The van der Waals surface area contributed by atoms with Crippen molar-refractivity contribution in [3.05, 3.63) is 40.4 Å². The van der Waals surface area contributed by atoms with Gasteiger partial charge < -0.3 is 15.0 Å². The Hall–Kier alpha value is -2.46. The van der Waals surface area contributed by atoms with E-state index >= 15 is 0 Å². The predicted octanol–water partition coefficient (Wildman–Crippen LogP) is 3.56. The Labute approximate surface area is 176 Å². The van der Waals surface area contributed by atoms with Crippen LogP contribution in [0.15, 0.2) is 34.9 Å². The second-order valence-corrected chi connectivity index (χ2v) is 8.37. The van der Waals surface area contributed by atoms with E-state index in [2.05, 4.69) is 18.3 Å². The third kappa shape index (κ3) is 5.13. The van der Waals surface area contributed by atoms with Gasteiger partial charge in [-0.05, 0) is 50.8 Å².